The van der Waals surface area contributed by atoms with Crippen LogP contribution in [0.2, 0.25) is 0 Å². The topological polar surface area (TPSA) is 88.0 Å². The summed E-state index contributed by atoms with van der Waals surface area (Å²) in [6.07, 6.45) is 3.07. The van der Waals surface area contributed by atoms with Crippen molar-refractivity contribution in [2.75, 3.05) is 32.7 Å². The Labute approximate surface area is 173 Å². The van der Waals surface area contributed by atoms with Gasteiger partial charge >= 0.3 is 0 Å². The van der Waals surface area contributed by atoms with E-state index < -0.39 is 10.0 Å². The van der Waals surface area contributed by atoms with Gasteiger partial charge in [-0.15, -0.1) is 0 Å². The highest BCUT2D eigenvalue weighted by atomic mass is 32.2. The van der Waals surface area contributed by atoms with Crippen LogP contribution >= 0.6 is 0 Å². The van der Waals surface area contributed by atoms with Crippen molar-refractivity contribution in [3.63, 3.8) is 0 Å². The second-order valence-corrected chi connectivity index (χ2v) is 10.1. The van der Waals surface area contributed by atoms with Crippen LogP contribution in [-0.4, -0.2) is 63.2 Å². The summed E-state index contributed by atoms with van der Waals surface area (Å²) in [5.41, 5.74) is 0.385. The maximum absolute atomic E-state index is 12.9. The number of benzene rings is 1. The minimum atomic E-state index is -3.66. The van der Waals surface area contributed by atoms with Crippen molar-refractivity contribution in [2.45, 2.75) is 50.5 Å². The number of carbonyl (C=O) groups excluding carboxylic acids is 2. The Balaban J connectivity index is 1.55. The van der Waals surface area contributed by atoms with E-state index >= 15 is 0 Å². The highest BCUT2D eigenvalue weighted by Gasteiger charge is 2.33. The molecule has 0 spiro atoms. The molecule has 0 aromatic heterocycles. The van der Waals surface area contributed by atoms with E-state index in [-0.39, 0.29) is 28.5 Å². The van der Waals surface area contributed by atoms with Gasteiger partial charge in [0, 0.05) is 43.5 Å². The second kappa shape index (κ2) is 9.36. The van der Waals surface area contributed by atoms with Crippen LogP contribution in [0.3, 0.4) is 0 Å². The van der Waals surface area contributed by atoms with E-state index in [2.05, 4.69) is 12.2 Å². The summed E-state index contributed by atoms with van der Waals surface area (Å²) >= 11 is 0. The van der Waals surface area contributed by atoms with E-state index in [0.717, 1.165) is 32.5 Å². The monoisotopic (exact) mass is 422 g/mol. The fourth-order valence-corrected chi connectivity index (χ4v) is 5.74. The Morgan fingerprint density at radius 1 is 1.14 bits per heavy atom. The Morgan fingerprint density at radius 2 is 1.79 bits per heavy atom. The van der Waals surface area contributed by atoms with Crippen LogP contribution in [0.4, 0.5) is 0 Å². The van der Waals surface area contributed by atoms with Gasteiger partial charge in [0.1, 0.15) is 0 Å². The minimum absolute atomic E-state index is 0.0607. The first-order valence-electron chi connectivity index (χ1n) is 10.6. The number of amides is 1. The molecule has 2 aliphatic heterocycles. The van der Waals surface area contributed by atoms with Crippen molar-refractivity contribution in [3.8, 4) is 0 Å². The van der Waals surface area contributed by atoms with Crippen LogP contribution in [0.1, 0.15) is 49.9 Å². The molecule has 0 radical (unpaired) electrons. The average molecular weight is 423 g/mol. The maximum atomic E-state index is 12.9. The molecule has 1 aromatic carbocycles. The van der Waals surface area contributed by atoms with Crippen molar-refractivity contribution in [1.82, 2.24) is 9.62 Å². The molecule has 0 unspecified atom stereocenters. The average Bonchev–Trinajstić information content (AvgIpc) is 2.74. The number of hydrogen-bond acceptors (Lipinski definition) is 4. The molecule has 1 aromatic rings. The predicted molar refractivity (Wildman–Crippen MR) is 110 cm³/mol. The molecule has 2 N–H and O–H groups in total. The molecule has 2 fully saturated rings. The largest absolute Gasteiger partial charge is 0.353 e. The molecule has 8 heteroatoms. The first kappa shape index (κ1) is 21.9. The number of rotatable bonds is 6. The maximum Gasteiger partial charge on any atom is 0.243 e. The van der Waals surface area contributed by atoms with Gasteiger partial charge in [0.2, 0.25) is 15.9 Å². The summed E-state index contributed by atoms with van der Waals surface area (Å²) in [6, 6.07) is 6.40. The summed E-state index contributed by atoms with van der Waals surface area (Å²) < 4.78 is 27.3. The molecule has 29 heavy (non-hydrogen) atoms. The highest BCUT2D eigenvalue weighted by Crippen LogP contribution is 2.25. The Bertz CT molecular complexity index is 839. The van der Waals surface area contributed by atoms with Crippen molar-refractivity contribution in [2.24, 2.45) is 5.92 Å². The second-order valence-electron chi connectivity index (χ2n) is 8.15. The third-order valence-electron chi connectivity index (χ3n) is 6.24. The van der Waals surface area contributed by atoms with Gasteiger partial charge in [-0.2, -0.15) is 4.31 Å². The summed E-state index contributed by atoms with van der Waals surface area (Å²) in [7, 11) is -3.66. The standard InChI is InChI=1S/C21H31N3O4S/c1-3-23-11-9-19(10-12-23)22-21(26)17-7-13-24(14-8-17)29(27,28)20-6-4-5-18(15-20)16(2)25/h4-6,15,17,19H,3,7-14H2,1-2H3,(H,22,26)/p+1. The van der Waals surface area contributed by atoms with Gasteiger partial charge in [0.15, 0.2) is 5.78 Å². The van der Waals surface area contributed by atoms with Gasteiger partial charge in [-0.3, -0.25) is 9.59 Å². The lowest BCUT2D eigenvalue weighted by atomic mass is 9.96. The predicted octanol–water partition coefficient (Wildman–Crippen LogP) is 0.473. The SMILES string of the molecule is CC[NH+]1CCC(NC(=O)C2CCN(S(=O)(=O)c3cccc(C(C)=O)c3)CC2)CC1. The molecular formula is C21H32N3O4S+. The number of sulfonamides is 1. The van der Waals surface area contributed by atoms with E-state index in [1.807, 2.05) is 0 Å². The van der Waals surface area contributed by atoms with E-state index in [1.165, 1.54) is 23.4 Å². The number of likely N-dealkylation sites (tertiary alicyclic amines) is 1. The number of ketones is 1. The van der Waals surface area contributed by atoms with Gasteiger partial charge in [-0.05, 0) is 38.8 Å². The molecule has 2 aliphatic rings. The Kier molecular flexibility index (Phi) is 7.08. The lowest BCUT2D eigenvalue weighted by Gasteiger charge is -2.33. The number of Topliss-reactive ketones (excluding diaryl/α,β-unsaturated/α-hetero) is 1. The molecule has 2 heterocycles. The van der Waals surface area contributed by atoms with Crippen LogP contribution in [0, 0.1) is 5.92 Å². The molecule has 2 saturated heterocycles. The van der Waals surface area contributed by atoms with Crippen LogP contribution < -0.4 is 10.2 Å². The van der Waals surface area contributed by atoms with Crippen LogP contribution in [0.5, 0.6) is 0 Å². The Morgan fingerprint density at radius 3 is 2.38 bits per heavy atom. The zero-order chi connectivity index (χ0) is 21.0. The van der Waals surface area contributed by atoms with Crippen molar-refractivity contribution < 1.29 is 22.9 Å². The molecule has 160 valence electrons. The summed E-state index contributed by atoms with van der Waals surface area (Å²) in [5, 5.41) is 3.18. The lowest BCUT2D eigenvalue weighted by molar-refractivity contribution is -0.903. The quantitative estimate of drug-likeness (QED) is 0.653. The van der Waals surface area contributed by atoms with Gasteiger partial charge in [-0.1, -0.05) is 12.1 Å². The van der Waals surface area contributed by atoms with Crippen molar-refractivity contribution in [3.05, 3.63) is 29.8 Å². The number of carbonyl (C=O) groups is 2. The molecule has 1 amide bonds. The van der Waals surface area contributed by atoms with E-state index in [0.29, 0.717) is 31.5 Å². The Hall–Kier alpha value is -1.77. The number of quaternary nitrogens is 1. The molecule has 0 bridgehead atoms. The smallest absolute Gasteiger partial charge is 0.243 e. The fourth-order valence-electron chi connectivity index (χ4n) is 4.23. The lowest BCUT2D eigenvalue weighted by Crippen LogP contribution is -3.13. The number of hydrogen-bond donors (Lipinski definition) is 2. The van der Waals surface area contributed by atoms with Gasteiger partial charge in [0.05, 0.1) is 24.5 Å². The van der Waals surface area contributed by atoms with Gasteiger partial charge < -0.3 is 10.2 Å². The molecule has 3 rings (SSSR count). The summed E-state index contributed by atoms with van der Waals surface area (Å²) in [6.45, 7) is 7.57. The minimum Gasteiger partial charge on any atom is -0.353 e. The van der Waals surface area contributed by atoms with E-state index in [9.17, 15) is 18.0 Å². The summed E-state index contributed by atoms with van der Waals surface area (Å²) in [4.78, 5) is 25.9. The first-order valence-corrected chi connectivity index (χ1v) is 12.0. The first-order chi connectivity index (χ1) is 13.8. The van der Waals surface area contributed by atoms with E-state index in [4.69, 9.17) is 0 Å². The third-order valence-corrected chi connectivity index (χ3v) is 8.14. The van der Waals surface area contributed by atoms with Crippen LogP contribution in [0.25, 0.3) is 0 Å². The zero-order valence-corrected chi connectivity index (χ0v) is 18.1. The molecular weight excluding hydrogens is 390 g/mol. The van der Waals surface area contributed by atoms with Crippen LogP contribution in [-0.2, 0) is 14.8 Å². The zero-order valence-electron chi connectivity index (χ0n) is 17.3. The van der Waals surface area contributed by atoms with Crippen LogP contribution in [0.15, 0.2) is 29.2 Å². The fraction of sp³-hybridized carbons (Fsp3) is 0.619. The van der Waals surface area contributed by atoms with E-state index in [1.54, 1.807) is 17.0 Å². The number of nitrogens with zero attached hydrogens (tertiary/aromatic N) is 1. The van der Waals surface area contributed by atoms with Gasteiger partial charge in [-0.25, -0.2) is 8.42 Å². The normalized spacial score (nSPS) is 24.2. The molecule has 0 aliphatic carbocycles. The molecule has 0 saturated carbocycles. The third kappa shape index (κ3) is 5.24. The number of piperidine rings is 2. The molecule has 7 nitrogen and oxygen atoms in total. The van der Waals surface area contributed by atoms with Crippen molar-refractivity contribution in [1.29, 1.82) is 0 Å². The summed E-state index contributed by atoms with van der Waals surface area (Å²) in [5.74, 6) is -0.240. The van der Waals surface area contributed by atoms with Crippen molar-refractivity contribution >= 4 is 21.7 Å². The van der Waals surface area contributed by atoms with Gasteiger partial charge in [0.25, 0.3) is 0 Å². The molecule has 0 atom stereocenters. The highest BCUT2D eigenvalue weighted by molar-refractivity contribution is 7.89. The number of nitrogens with one attached hydrogen (secondary N) is 2.